The lowest BCUT2D eigenvalue weighted by Crippen LogP contribution is -2.14. The average Bonchev–Trinajstić information content (AvgIpc) is 1.89. The Kier molecular flexibility index (Phi) is 7.05. The SMILES string of the molecule is CC#CCCNOCC. The Morgan fingerprint density at radius 3 is 2.89 bits per heavy atom. The van der Waals surface area contributed by atoms with Crippen LogP contribution in [-0.4, -0.2) is 13.2 Å². The normalized spacial score (nSPS) is 8.22. The molecule has 0 aliphatic rings. The van der Waals surface area contributed by atoms with Gasteiger partial charge in [0, 0.05) is 13.0 Å². The van der Waals surface area contributed by atoms with Crippen molar-refractivity contribution in [3.8, 4) is 11.8 Å². The van der Waals surface area contributed by atoms with Crippen molar-refractivity contribution in [3.63, 3.8) is 0 Å². The van der Waals surface area contributed by atoms with E-state index in [2.05, 4.69) is 17.3 Å². The molecule has 0 heterocycles. The van der Waals surface area contributed by atoms with Gasteiger partial charge >= 0.3 is 0 Å². The zero-order chi connectivity index (χ0) is 6.95. The number of hydroxylamine groups is 1. The predicted molar refractivity (Wildman–Crippen MR) is 37.7 cm³/mol. The molecule has 0 aromatic carbocycles. The van der Waals surface area contributed by atoms with Crippen molar-refractivity contribution in [2.24, 2.45) is 0 Å². The predicted octanol–water partition coefficient (Wildman–Crippen LogP) is 0.941. The van der Waals surface area contributed by atoms with Crippen LogP contribution in [0.4, 0.5) is 0 Å². The highest BCUT2D eigenvalue weighted by molar-refractivity contribution is 4.94. The summed E-state index contributed by atoms with van der Waals surface area (Å²) in [6, 6.07) is 0. The van der Waals surface area contributed by atoms with Crippen molar-refractivity contribution in [2.45, 2.75) is 20.3 Å². The Hall–Kier alpha value is -0.520. The van der Waals surface area contributed by atoms with Crippen LogP contribution in [0, 0.1) is 11.8 Å². The van der Waals surface area contributed by atoms with Crippen LogP contribution in [0.1, 0.15) is 20.3 Å². The maximum Gasteiger partial charge on any atom is 0.0653 e. The first-order valence-corrected chi connectivity index (χ1v) is 3.16. The minimum absolute atomic E-state index is 0.708. The van der Waals surface area contributed by atoms with E-state index >= 15 is 0 Å². The van der Waals surface area contributed by atoms with Crippen LogP contribution in [0.2, 0.25) is 0 Å². The van der Waals surface area contributed by atoms with Gasteiger partial charge in [-0.05, 0) is 13.8 Å². The number of hydrogen-bond donors (Lipinski definition) is 1. The molecule has 0 bridgehead atoms. The van der Waals surface area contributed by atoms with Gasteiger partial charge in [0.1, 0.15) is 0 Å². The molecule has 0 fully saturated rings. The van der Waals surface area contributed by atoms with Crippen LogP contribution >= 0.6 is 0 Å². The van der Waals surface area contributed by atoms with E-state index in [1.54, 1.807) is 0 Å². The van der Waals surface area contributed by atoms with Crippen molar-refractivity contribution in [2.75, 3.05) is 13.2 Å². The minimum atomic E-state index is 0.708. The Morgan fingerprint density at radius 2 is 2.33 bits per heavy atom. The second-order valence-electron chi connectivity index (χ2n) is 1.50. The minimum Gasteiger partial charge on any atom is -0.302 e. The first-order chi connectivity index (χ1) is 4.41. The lowest BCUT2D eigenvalue weighted by molar-refractivity contribution is 0.0526. The summed E-state index contributed by atoms with van der Waals surface area (Å²) in [5, 5.41) is 0. The van der Waals surface area contributed by atoms with Crippen molar-refractivity contribution in [1.82, 2.24) is 5.48 Å². The Morgan fingerprint density at radius 1 is 1.56 bits per heavy atom. The molecule has 0 amide bonds. The molecular weight excluding hydrogens is 114 g/mol. The molecule has 0 spiro atoms. The van der Waals surface area contributed by atoms with Crippen LogP contribution < -0.4 is 5.48 Å². The van der Waals surface area contributed by atoms with E-state index in [1.165, 1.54) is 0 Å². The first kappa shape index (κ1) is 8.48. The molecule has 0 aromatic heterocycles. The Labute approximate surface area is 56.5 Å². The van der Waals surface area contributed by atoms with Crippen LogP contribution in [0.25, 0.3) is 0 Å². The summed E-state index contributed by atoms with van der Waals surface area (Å²) < 4.78 is 0. The Balaban J connectivity index is 2.80. The van der Waals surface area contributed by atoms with Crippen molar-refractivity contribution < 1.29 is 4.84 Å². The zero-order valence-electron chi connectivity index (χ0n) is 6.03. The third kappa shape index (κ3) is 7.48. The summed E-state index contributed by atoms with van der Waals surface area (Å²) in [4.78, 5) is 4.86. The van der Waals surface area contributed by atoms with Gasteiger partial charge in [-0.3, -0.25) is 0 Å². The number of rotatable bonds is 4. The van der Waals surface area contributed by atoms with Crippen LogP contribution in [0.15, 0.2) is 0 Å². The smallest absolute Gasteiger partial charge is 0.0653 e. The maximum absolute atomic E-state index is 4.86. The molecule has 1 N–H and O–H groups in total. The van der Waals surface area contributed by atoms with E-state index in [-0.39, 0.29) is 0 Å². The second-order valence-corrected chi connectivity index (χ2v) is 1.50. The van der Waals surface area contributed by atoms with Gasteiger partial charge in [0.25, 0.3) is 0 Å². The summed E-state index contributed by atoms with van der Waals surface area (Å²) in [7, 11) is 0. The highest BCUT2D eigenvalue weighted by Gasteiger charge is 1.78. The fraction of sp³-hybridized carbons (Fsp3) is 0.714. The average molecular weight is 127 g/mol. The van der Waals surface area contributed by atoms with Gasteiger partial charge in [0.2, 0.25) is 0 Å². The van der Waals surface area contributed by atoms with E-state index in [1.807, 2.05) is 13.8 Å². The van der Waals surface area contributed by atoms with Crippen molar-refractivity contribution in [1.29, 1.82) is 0 Å². The van der Waals surface area contributed by atoms with E-state index in [4.69, 9.17) is 4.84 Å². The molecule has 2 nitrogen and oxygen atoms in total. The topological polar surface area (TPSA) is 21.3 Å². The maximum atomic E-state index is 4.86. The lowest BCUT2D eigenvalue weighted by atomic mass is 10.4. The zero-order valence-corrected chi connectivity index (χ0v) is 6.03. The van der Waals surface area contributed by atoms with E-state index in [0.29, 0.717) is 6.61 Å². The van der Waals surface area contributed by atoms with E-state index in [0.717, 1.165) is 13.0 Å². The van der Waals surface area contributed by atoms with E-state index < -0.39 is 0 Å². The lowest BCUT2D eigenvalue weighted by Gasteiger charge is -1.97. The first-order valence-electron chi connectivity index (χ1n) is 3.16. The molecule has 0 unspecified atom stereocenters. The highest BCUT2D eigenvalue weighted by atomic mass is 16.6. The third-order valence-corrected chi connectivity index (χ3v) is 0.775. The molecule has 0 aliphatic carbocycles. The molecular formula is C7H13NO. The summed E-state index contributed by atoms with van der Waals surface area (Å²) >= 11 is 0. The van der Waals surface area contributed by atoms with Crippen molar-refractivity contribution in [3.05, 3.63) is 0 Å². The molecule has 0 rings (SSSR count). The van der Waals surface area contributed by atoms with Gasteiger partial charge < -0.3 is 4.84 Å². The van der Waals surface area contributed by atoms with Crippen LogP contribution in [0.3, 0.4) is 0 Å². The quantitative estimate of drug-likeness (QED) is 0.345. The molecule has 0 aromatic rings. The van der Waals surface area contributed by atoms with Crippen LogP contribution in [-0.2, 0) is 4.84 Å². The van der Waals surface area contributed by atoms with Gasteiger partial charge in [-0.1, -0.05) is 0 Å². The Bertz CT molecular complexity index is 101. The molecule has 0 saturated carbocycles. The standard InChI is InChI=1S/C7H13NO/c1-3-5-6-7-8-9-4-2/h8H,4,6-7H2,1-2H3. The monoisotopic (exact) mass is 127 g/mol. The summed E-state index contributed by atoms with van der Waals surface area (Å²) in [5.41, 5.74) is 2.77. The molecule has 0 radical (unpaired) electrons. The van der Waals surface area contributed by atoms with Crippen molar-refractivity contribution >= 4 is 0 Å². The second kappa shape index (κ2) is 7.48. The molecule has 2 heteroatoms. The summed E-state index contributed by atoms with van der Waals surface area (Å²) in [6.45, 7) is 5.30. The number of nitrogens with one attached hydrogen (secondary N) is 1. The molecule has 0 aliphatic heterocycles. The van der Waals surface area contributed by atoms with E-state index in [9.17, 15) is 0 Å². The van der Waals surface area contributed by atoms with Gasteiger partial charge in [0.15, 0.2) is 0 Å². The molecule has 0 saturated heterocycles. The largest absolute Gasteiger partial charge is 0.302 e. The summed E-state index contributed by atoms with van der Waals surface area (Å²) in [5.74, 6) is 5.71. The van der Waals surface area contributed by atoms with Gasteiger partial charge in [-0.25, -0.2) is 5.48 Å². The fourth-order valence-electron chi connectivity index (χ4n) is 0.413. The summed E-state index contributed by atoms with van der Waals surface area (Å²) in [6.07, 6.45) is 0.858. The highest BCUT2D eigenvalue weighted by Crippen LogP contribution is 1.71. The fourth-order valence-corrected chi connectivity index (χ4v) is 0.413. The van der Waals surface area contributed by atoms with Gasteiger partial charge in [0.05, 0.1) is 6.61 Å². The van der Waals surface area contributed by atoms with Gasteiger partial charge in [-0.2, -0.15) is 0 Å². The van der Waals surface area contributed by atoms with Crippen LogP contribution in [0.5, 0.6) is 0 Å². The number of hydrogen-bond acceptors (Lipinski definition) is 2. The van der Waals surface area contributed by atoms with Gasteiger partial charge in [-0.15, -0.1) is 11.8 Å². The molecule has 9 heavy (non-hydrogen) atoms. The molecule has 0 atom stereocenters. The molecule has 52 valence electrons. The third-order valence-electron chi connectivity index (χ3n) is 0.775.